The lowest BCUT2D eigenvalue weighted by Crippen LogP contribution is -2.58. The van der Waals surface area contributed by atoms with Gasteiger partial charge in [0.25, 0.3) is 0 Å². The summed E-state index contributed by atoms with van der Waals surface area (Å²) in [5.74, 6) is -7.45. The highest BCUT2D eigenvalue weighted by molar-refractivity contribution is 7.80. The number of carboxylic acid groups (broad SMARTS) is 3. The van der Waals surface area contributed by atoms with Gasteiger partial charge in [0, 0.05) is 5.75 Å². The molecule has 0 aromatic rings. The van der Waals surface area contributed by atoms with Crippen LogP contribution in [0.4, 0.5) is 0 Å². The molecule has 0 fully saturated rings. The lowest BCUT2D eigenvalue weighted by Gasteiger charge is -2.25. The monoisotopic (exact) mass is 464 g/mol. The third kappa shape index (κ3) is 11.2. The first kappa shape index (κ1) is 28.1. The van der Waals surface area contributed by atoms with Crippen molar-refractivity contribution in [1.82, 2.24) is 16.0 Å². The standard InChI is InChI=1S/C17H28N4O9S/c1-7(2)3-9(19-14(26)8(18)4-12(22)23)15(27)20-10(5-13(24)25)16(28)21-11(6-31)17(29)30/h7-11,31H,3-6,18H2,1-2H3,(H,19,26)(H,20,27)(H,21,28)(H,22,23)(H,24,25)(H,29,30). The number of carboxylic acids is 3. The zero-order chi connectivity index (χ0) is 24.3. The van der Waals surface area contributed by atoms with Gasteiger partial charge in [-0.2, -0.15) is 12.6 Å². The van der Waals surface area contributed by atoms with Gasteiger partial charge in [0.05, 0.1) is 18.9 Å². The predicted octanol–water partition coefficient (Wildman–Crippen LogP) is -2.22. The summed E-state index contributed by atoms with van der Waals surface area (Å²) in [5.41, 5.74) is 5.48. The molecule has 31 heavy (non-hydrogen) atoms. The Morgan fingerprint density at radius 1 is 0.774 bits per heavy atom. The number of nitrogens with one attached hydrogen (secondary N) is 3. The highest BCUT2D eigenvalue weighted by Gasteiger charge is 2.31. The minimum atomic E-state index is -1.63. The number of carbonyl (C=O) groups excluding carboxylic acids is 3. The lowest BCUT2D eigenvalue weighted by molar-refractivity contribution is -0.143. The van der Waals surface area contributed by atoms with Crippen molar-refractivity contribution in [2.24, 2.45) is 11.7 Å². The number of carbonyl (C=O) groups is 6. The molecule has 0 aromatic carbocycles. The molecular formula is C17H28N4O9S. The maximum atomic E-state index is 12.7. The van der Waals surface area contributed by atoms with Gasteiger partial charge >= 0.3 is 17.9 Å². The Balaban J connectivity index is 5.45. The van der Waals surface area contributed by atoms with Crippen LogP contribution < -0.4 is 21.7 Å². The van der Waals surface area contributed by atoms with Crippen LogP contribution in [-0.2, 0) is 28.8 Å². The molecule has 0 radical (unpaired) electrons. The van der Waals surface area contributed by atoms with Gasteiger partial charge < -0.3 is 37.0 Å². The van der Waals surface area contributed by atoms with Gasteiger partial charge in [0.2, 0.25) is 17.7 Å². The fourth-order valence-corrected chi connectivity index (χ4v) is 2.62. The van der Waals surface area contributed by atoms with Crippen LogP contribution in [0.5, 0.6) is 0 Å². The van der Waals surface area contributed by atoms with Gasteiger partial charge in [0.1, 0.15) is 18.1 Å². The van der Waals surface area contributed by atoms with E-state index in [1.54, 1.807) is 13.8 Å². The van der Waals surface area contributed by atoms with E-state index >= 15 is 0 Å². The van der Waals surface area contributed by atoms with Crippen molar-refractivity contribution in [2.75, 3.05) is 5.75 Å². The Kier molecular flexibility index (Phi) is 12.2. The van der Waals surface area contributed by atoms with Crippen LogP contribution in [0, 0.1) is 5.92 Å². The number of aliphatic carboxylic acids is 3. The zero-order valence-corrected chi connectivity index (χ0v) is 17.9. The first-order chi connectivity index (χ1) is 14.3. The van der Waals surface area contributed by atoms with Crippen LogP contribution in [0.15, 0.2) is 0 Å². The summed E-state index contributed by atoms with van der Waals surface area (Å²) in [6.07, 6.45) is -1.45. The quantitative estimate of drug-likeness (QED) is 0.129. The molecule has 0 aliphatic carbocycles. The summed E-state index contributed by atoms with van der Waals surface area (Å²) >= 11 is 3.79. The summed E-state index contributed by atoms with van der Waals surface area (Å²) in [4.78, 5) is 69.9. The number of hydrogen-bond acceptors (Lipinski definition) is 8. The molecule has 0 aliphatic rings. The van der Waals surface area contributed by atoms with E-state index in [1.807, 2.05) is 0 Å². The third-order valence-electron chi connectivity index (χ3n) is 3.88. The normalized spacial score (nSPS) is 14.6. The second-order valence-electron chi connectivity index (χ2n) is 7.14. The third-order valence-corrected chi connectivity index (χ3v) is 4.25. The van der Waals surface area contributed by atoms with Gasteiger partial charge in [-0.3, -0.25) is 24.0 Å². The number of amides is 3. The Labute approximate surface area is 183 Å². The molecule has 0 saturated heterocycles. The second-order valence-corrected chi connectivity index (χ2v) is 7.50. The topological polar surface area (TPSA) is 225 Å². The lowest BCUT2D eigenvalue weighted by atomic mass is 10.0. The molecule has 0 spiro atoms. The first-order valence-electron chi connectivity index (χ1n) is 9.22. The average Bonchev–Trinajstić information content (AvgIpc) is 2.62. The number of rotatable bonds is 14. The highest BCUT2D eigenvalue weighted by atomic mass is 32.1. The summed E-state index contributed by atoms with van der Waals surface area (Å²) in [6.45, 7) is 3.46. The molecule has 3 amide bonds. The SMILES string of the molecule is CC(C)CC(NC(=O)C(N)CC(=O)O)C(=O)NC(CC(=O)O)C(=O)NC(CS)C(=O)O. The maximum Gasteiger partial charge on any atom is 0.327 e. The minimum absolute atomic E-state index is 0.0766. The predicted molar refractivity (Wildman–Crippen MR) is 109 cm³/mol. The highest BCUT2D eigenvalue weighted by Crippen LogP contribution is 2.07. The average molecular weight is 464 g/mol. The van der Waals surface area contributed by atoms with E-state index in [-0.39, 0.29) is 18.1 Å². The molecule has 13 nitrogen and oxygen atoms in total. The van der Waals surface area contributed by atoms with Crippen molar-refractivity contribution in [3.63, 3.8) is 0 Å². The fourth-order valence-electron chi connectivity index (χ4n) is 2.38. The number of thiol groups is 1. The van der Waals surface area contributed by atoms with Crippen molar-refractivity contribution in [3.05, 3.63) is 0 Å². The largest absolute Gasteiger partial charge is 0.481 e. The molecule has 4 unspecified atom stereocenters. The Morgan fingerprint density at radius 2 is 1.23 bits per heavy atom. The molecule has 8 N–H and O–H groups in total. The van der Waals surface area contributed by atoms with Crippen LogP contribution in [0.1, 0.15) is 33.1 Å². The Hall–Kier alpha value is -2.87. The Morgan fingerprint density at radius 3 is 1.65 bits per heavy atom. The van der Waals surface area contributed by atoms with Crippen molar-refractivity contribution in [3.8, 4) is 0 Å². The smallest absolute Gasteiger partial charge is 0.327 e. The van der Waals surface area contributed by atoms with Gasteiger partial charge in [-0.25, -0.2) is 4.79 Å². The van der Waals surface area contributed by atoms with Crippen LogP contribution in [0.3, 0.4) is 0 Å². The van der Waals surface area contributed by atoms with Crippen LogP contribution >= 0.6 is 12.6 Å². The van der Waals surface area contributed by atoms with Gasteiger partial charge in [-0.15, -0.1) is 0 Å². The van der Waals surface area contributed by atoms with E-state index in [9.17, 15) is 28.8 Å². The molecule has 4 atom stereocenters. The van der Waals surface area contributed by atoms with Gasteiger partial charge in [-0.05, 0) is 12.3 Å². The van der Waals surface area contributed by atoms with E-state index in [4.69, 9.17) is 21.1 Å². The fraction of sp³-hybridized carbons (Fsp3) is 0.647. The number of nitrogens with two attached hydrogens (primary N) is 1. The summed E-state index contributed by atoms with van der Waals surface area (Å²) in [5, 5.41) is 33.3. The van der Waals surface area contributed by atoms with Crippen molar-refractivity contribution in [1.29, 1.82) is 0 Å². The Bertz CT molecular complexity index is 701. The zero-order valence-electron chi connectivity index (χ0n) is 17.0. The van der Waals surface area contributed by atoms with Crippen LogP contribution in [0.25, 0.3) is 0 Å². The molecule has 0 rings (SSSR count). The maximum absolute atomic E-state index is 12.7. The van der Waals surface area contributed by atoms with E-state index < -0.39 is 72.6 Å². The molecule has 0 heterocycles. The molecule has 14 heteroatoms. The van der Waals surface area contributed by atoms with E-state index in [1.165, 1.54) is 0 Å². The molecule has 0 aliphatic heterocycles. The summed E-state index contributed by atoms with van der Waals surface area (Å²) in [7, 11) is 0. The van der Waals surface area contributed by atoms with Crippen molar-refractivity contribution < 1.29 is 44.1 Å². The molecule has 176 valence electrons. The summed E-state index contributed by atoms with van der Waals surface area (Å²) in [6, 6.07) is -5.71. The van der Waals surface area contributed by atoms with Gasteiger partial charge in [0.15, 0.2) is 0 Å². The van der Waals surface area contributed by atoms with Crippen molar-refractivity contribution >= 4 is 48.3 Å². The van der Waals surface area contributed by atoms with E-state index in [0.717, 1.165) is 0 Å². The molecule has 0 aromatic heterocycles. The molecular weight excluding hydrogens is 436 g/mol. The van der Waals surface area contributed by atoms with E-state index in [0.29, 0.717) is 0 Å². The molecule has 0 saturated carbocycles. The van der Waals surface area contributed by atoms with Crippen LogP contribution in [0.2, 0.25) is 0 Å². The number of hydrogen-bond donors (Lipinski definition) is 8. The molecule has 0 bridgehead atoms. The second kappa shape index (κ2) is 13.4. The van der Waals surface area contributed by atoms with Crippen molar-refractivity contribution in [2.45, 2.75) is 57.3 Å². The summed E-state index contributed by atoms with van der Waals surface area (Å²) < 4.78 is 0. The van der Waals surface area contributed by atoms with Crippen LogP contribution in [-0.4, -0.2) is 80.9 Å². The van der Waals surface area contributed by atoms with Gasteiger partial charge in [-0.1, -0.05) is 13.8 Å². The first-order valence-corrected chi connectivity index (χ1v) is 9.85. The minimum Gasteiger partial charge on any atom is -0.481 e. The van der Waals surface area contributed by atoms with E-state index in [2.05, 4.69) is 28.6 Å².